The molecule has 0 unspecified atom stereocenters. The number of para-hydroxylation sites is 1. The van der Waals surface area contributed by atoms with Crippen LogP contribution < -0.4 is 4.74 Å². The molecule has 0 N–H and O–H groups in total. The van der Waals surface area contributed by atoms with Crippen LogP contribution in [0.15, 0.2) is 53.0 Å². The maximum atomic E-state index is 11.9. The van der Waals surface area contributed by atoms with Gasteiger partial charge < -0.3 is 4.74 Å². The summed E-state index contributed by atoms with van der Waals surface area (Å²) in [6.45, 7) is 0. The van der Waals surface area contributed by atoms with Gasteiger partial charge in [-0.2, -0.15) is 0 Å². The molecule has 0 radical (unpaired) electrons. The summed E-state index contributed by atoms with van der Waals surface area (Å²) in [5, 5.41) is 10.8. The topological polar surface area (TPSA) is 69.4 Å². The number of hydrogen-bond acceptors (Lipinski definition) is 4. The number of hydrogen-bond donors (Lipinski definition) is 0. The number of esters is 1. The standard InChI is InChI=1S/C13H8BrNO4/c14-9-5-7-10(8-6-9)19-13(16)11-3-1-2-4-12(11)15(17)18/h1-8H. The number of nitro benzene ring substituents is 1. The van der Waals surface area contributed by atoms with Crippen LogP contribution in [-0.4, -0.2) is 10.9 Å². The molecule has 0 aliphatic carbocycles. The van der Waals surface area contributed by atoms with Crippen molar-refractivity contribution in [3.05, 3.63) is 68.7 Å². The van der Waals surface area contributed by atoms with Crippen molar-refractivity contribution in [1.82, 2.24) is 0 Å². The van der Waals surface area contributed by atoms with E-state index < -0.39 is 10.9 Å². The van der Waals surface area contributed by atoms with E-state index in [-0.39, 0.29) is 11.3 Å². The summed E-state index contributed by atoms with van der Waals surface area (Å²) in [5.41, 5.74) is -0.347. The molecule has 0 aliphatic rings. The summed E-state index contributed by atoms with van der Waals surface area (Å²) in [6, 6.07) is 12.3. The van der Waals surface area contributed by atoms with Crippen molar-refractivity contribution in [1.29, 1.82) is 0 Å². The Hall–Kier alpha value is -2.21. The molecule has 0 bridgehead atoms. The van der Waals surface area contributed by atoms with E-state index in [1.807, 2.05) is 0 Å². The van der Waals surface area contributed by atoms with E-state index in [9.17, 15) is 14.9 Å². The molecule has 2 aromatic rings. The minimum atomic E-state index is -0.755. The first-order chi connectivity index (χ1) is 9.08. The van der Waals surface area contributed by atoms with Crippen LogP contribution in [0.25, 0.3) is 0 Å². The minimum absolute atomic E-state index is 0.0737. The number of benzene rings is 2. The van der Waals surface area contributed by atoms with Gasteiger partial charge in [-0.1, -0.05) is 28.1 Å². The van der Waals surface area contributed by atoms with Gasteiger partial charge in [0.2, 0.25) is 0 Å². The molecule has 2 rings (SSSR count). The smallest absolute Gasteiger partial charge is 0.350 e. The van der Waals surface area contributed by atoms with E-state index in [0.717, 1.165) is 4.47 Å². The van der Waals surface area contributed by atoms with E-state index >= 15 is 0 Å². The molecule has 6 heteroatoms. The fraction of sp³-hybridized carbons (Fsp3) is 0. The third-order valence-corrected chi connectivity index (χ3v) is 2.87. The van der Waals surface area contributed by atoms with Crippen LogP contribution in [-0.2, 0) is 0 Å². The number of carbonyl (C=O) groups is 1. The minimum Gasteiger partial charge on any atom is -0.423 e. The van der Waals surface area contributed by atoms with E-state index in [4.69, 9.17) is 4.74 Å². The Morgan fingerprint density at radius 1 is 1.11 bits per heavy atom. The van der Waals surface area contributed by atoms with Gasteiger partial charge in [-0.25, -0.2) is 4.79 Å². The summed E-state index contributed by atoms with van der Waals surface area (Å²) < 4.78 is 5.93. The van der Waals surface area contributed by atoms with Crippen LogP contribution in [0.4, 0.5) is 5.69 Å². The largest absolute Gasteiger partial charge is 0.423 e. The lowest BCUT2D eigenvalue weighted by Crippen LogP contribution is -2.10. The Morgan fingerprint density at radius 2 is 1.74 bits per heavy atom. The molecule has 0 saturated heterocycles. The Labute approximate surface area is 117 Å². The molecular formula is C13H8BrNO4. The number of rotatable bonds is 3. The predicted molar refractivity (Wildman–Crippen MR) is 72.2 cm³/mol. The lowest BCUT2D eigenvalue weighted by Gasteiger charge is -2.04. The van der Waals surface area contributed by atoms with Crippen molar-refractivity contribution < 1.29 is 14.5 Å². The molecule has 5 nitrogen and oxygen atoms in total. The van der Waals surface area contributed by atoms with E-state index in [0.29, 0.717) is 5.75 Å². The lowest BCUT2D eigenvalue weighted by atomic mass is 10.2. The Balaban J connectivity index is 2.25. The molecular weight excluding hydrogens is 314 g/mol. The second kappa shape index (κ2) is 5.62. The van der Waals surface area contributed by atoms with Gasteiger partial charge in [-0.3, -0.25) is 10.1 Å². The summed E-state index contributed by atoms with van der Waals surface area (Å²) in [5.74, 6) is -0.430. The number of nitrogens with zero attached hydrogens (tertiary/aromatic N) is 1. The third-order valence-electron chi connectivity index (χ3n) is 2.34. The molecule has 96 valence electrons. The first-order valence-corrected chi connectivity index (χ1v) is 6.08. The van der Waals surface area contributed by atoms with Crippen LogP contribution >= 0.6 is 15.9 Å². The Bertz CT molecular complexity index is 625. The fourth-order valence-electron chi connectivity index (χ4n) is 1.47. The highest BCUT2D eigenvalue weighted by Gasteiger charge is 2.20. The van der Waals surface area contributed by atoms with E-state index in [1.165, 1.54) is 18.2 Å². The van der Waals surface area contributed by atoms with Gasteiger partial charge in [0.15, 0.2) is 0 Å². The third kappa shape index (κ3) is 3.17. The van der Waals surface area contributed by atoms with Gasteiger partial charge in [0, 0.05) is 10.5 Å². The van der Waals surface area contributed by atoms with E-state index in [2.05, 4.69) is 15.9 Å². The zero-order valence-electron chi connectivity index (χ0n) is 9.58. The molecule has 0 aliphatic heterocycles. The highest BCUT2D eigenvalue weighted by molar-refractivity contribution is 9.10. The second-order valence-corrected chi connectivity index (χ2v) is 4.53. The average Bonchev–Trinajstić information content (AvgIpc) is 2.41. The molecule has 0 spiro atoms. The maximum absolute atomic E-state index is 11.9. The molecule has 0 fully saturated rings. The van der Waals surface area contributed by atoms with Gasteiger partial charge in [-0.05, 0) is 30.3 Å². The number of halogens is 1. The van der Waals surface area contributed by atoms with Gasteiger partial charge in [0.05, 0.1) is 4.92 Å². The molecule has 2 aromatic carbocycles. The highest BCUT2D eigenvalue weighted by Crippen LogP contribution is 2.21. The zero-order chi connectivity index (χ0) is 13.8. The summed E-state index contributed by atoms with van der Waals surface area (Å²) >= 11 is 3.26. The predicted octanol–water partition coefficient (Wildman–Crippen LogP) is 3.58. The van der Waals surface area contributed by atoms with Crippen LogP contribution in [0, 0.1) is 10.1 Å². The first-order valence-electron chi connectivity index (χ1n) is 5.29. The van der Waals surface area contributed by atoms with Gasteiger partial charge in [-0.15, -0.1) is 0 Å². The van der Waals surface area contributed by atoms with Crippen molar-refractivity contribution in [2.24, 2.45) is 0 Å². The van der Waals surface area contributed by atoms with Gasteiger partial charge in [0.25, 0.3) is 5.69 Å². The van der Waals surface area contributed by atoms with Crippen LogP contribution in [0.1, 0.15) is 10.4 Å². The summed E-state index contributed by atoms with van der Waals surface area (Å²) in [4.78, 5) is 22.1. The molecule has 0 amide bonds. The molecule has 19 heavy (non-hydrogen) atoms. The van der Waals surface area contributed by atoms with Gasteiger partial charge >= 0.3 is 5.97 Å². The van der Waals surface area contributed by atoms with Crippen LogP contribution in [0.2, 0.25) is 0 Å². The number of ether oxygens (including phenoxy) is 1. The van der Waals surface area contributed by atoms with Crippen molar-refractivity contribution >= 4 is 27.6 Å². The van der Waals surface area contributed by atoms with Crippen molar-refractivity contribution in [3.63, 3.8) is 0 Å². The van der Waals surface area contributed by atoms with Crippen molar-refractivity contribution in [3.8, 4) is 5.75 Å². The quantitative estimate of drug-likeness (QED) is 0.375. The zero-order valence-corrected chi connectivity index (χ0v) is 11.2. The number of nitro groups is 1. The number of carbonyl (C=O) groups excluding carboxylic acids is 1. The summed E-state index contributed by atoms with van der Waals surface area (Å²) in [6.07, 6.45) is 0. The van der Waals surface area contributed by atoms with E-state index in [1.54, 1.807) is 30.3 Å². The first kappa shape index (κ1) is 13.2. The van der Waals surface area contributed by atoms with Gasteiger partial charge in [0.1, 0.15) is 11.3 Å². The summed E-state index contributed by atoms with van der Waals surface area (Å²) in [7, 11) is 0. The molecule has 0 atom stereocenters. The normalized spacial score (nSPS) is 9.95. The lowest BCUT2D eigenvalue weighted by molar-refractivity contribution is -0.385. The highest BCUT2D eigenvalue weighted by atomic mass is 79.9. The monoisotopic (exact) mass is 321 g/mol. The van der Waals surface area contributed by atoms with Crippen LogP contribution in [0.5, 0.6) is 5.75 Å². The fourth-order valence-corrected chi connectivity index (χ4v) is 1.73. The Morgan fingerprint density at radius 3 is 2.37 bits per heavy atom. The second-order valence-electron chi connectivity index (χ2n) is 3.62. The molecule has 0 saturated carbocycles. The van der Waals surface area contributed by atoms with Crippen molar-refractivity contribution in [2.75, 3.05) is 0 Å². The van der Waals surface area contributed by atoms with Crippen molar-refractivity contribution in [2.45, 2.75) is 0 Å². The average molecular weight is 322 g/mol. The molecule has 0 heterocycles. The Kier molecular flexibility index (Phi) is 3.91. The maximum Gasteiger partial charge on any atom is 0.350 e. The molecule has 0 aromatic heterocycles. The van der Waals surface area contributed by atoms with Crippen LogP contribution in [0.3, 0.4) is 0 Å². The SMILES string of the molecule is O=C(Oc1ccc(Br)cc1)c1ccccc1[N+](=O)[O-].